The van der Waals surface area contributed by atoms with Gasteiger partial charge in [-0.2, -0.15) is 4.31 Å². The second-order valence-electron chi connectivity index (χ2n) is 5.88. The number of morpholine rings is 1. The van der Waals surface area contributed by atoms with Crippen molar-refractivity contribution in [1.29, 1.82) is 0 Å². The normalized spacial score (nSPS) is 17.8. The van der Waals surface area contributed by atoms with E-state index in [4.69, 9.17) is 9.15 Å². The molecule has 0 aromatic carbocycles. The molecule has 0 radical (unpaired) electrons. The first-order valence-corrected chi connectivity index (χ1v) is 9.53. The summed E-state index contributed by atoms with van der Waals surface area (Å²) in [7, 11) is 0.369. The van der Waals surface area contributed by atoms with E-state index in [0.717, 1.165) is 5.76 Å². The van der Waals surface area contributed by atoms with Crippen LogP contribution in [-0.2, 0) is 19.6 Å². The fraction of sp³-hybridized carbons (Fsp3) is 0.667. The van der Waals surface area contributed by atoms with Crippen molar-refractivity contribution in [3.8, 4) is 0 Å². The lowest BCUT2D eigenvalue weighted by Gasteiger charge is -2.26. The molecule has 1 unspecified atom stereocenters. The van der Waals surface area contributed by atoms with E-state index in [1.807, 2.05) is 25.1 Å². The first kappa shape index (κ1) is 18.9. The molecule has 1 atom stereocenters. The molecule has 0 bridgehead atoms. The van der Waals surface area contributed by atoms with Gasteiger partial charge in [-0.1, -0.05) is 0 Å². The van der Waals surface area contributed by atoms with Crippen molar-refractivity contribution in [3.05, 3.63) is 24.2 Å². The predicted molar refractivity (Wildman–Crippen MR) is 88.9 cm³/mol. The molecule has 1 aromatic heterocycles. The SMILES string of the molecule is CN(C)C(CNC(=O)CCS(=O)(=O)N1CCOCC1)c1ccco1. The van der Waals surface area contributed by atoms with Crippen molar-refractivity contribution in [3.63, 3.8) is 0 Å². The highest BCUT2D eigenvalue weighted by atomic mass is 32.2. The van der Waals surface area contributed by atoms with Crippen molar-refractivity contribution in [2.45, 2.75) is 12.5 Å². The average Bonchev–Trinajstić information content (AvgIpc) is 3.08. The monoisotopic (exact) mass is 359 g/mol. The van der Waals surface area contributed by atoms with Crippen molar-refractivity contribution >= 4 is 15.9 Å². The van der Waals surface area contributed by atoms with Crippen LogP contribution in [-0.4, -0.2) is 76.2 Å². The molecule has 2 heterocycles. The summed E-state index contributed by atoms with van der Waals surface area (Å²) < 4.78 is 36.3. The summed E-state index contributed by atoms with van der Waals surface area (Å²) in [6.07, 6.45) is 1.53. The molecule has 1 saturated heterocycles. The molecule has 0 spiro atoms. The van der Waals surface area contributed by atoms with E-state index < -0.39 is 10.0 Å². The maximum Gasteiger partial charge on any atom is 0.221 e. The van der Waals surface area contributed by atoms with E-state index in [9.17, 15) is 13.2 Å². The topological polar surface area (TPSA) is 92.1 Å². The molecule has 1 fully saturated rings. The molecule has 2 rings (SSSR count). The van der Waals surface area contributed by atoms with Gasteiger partial charge in [0.05, 0.1) is 31.3 Å². The molecule has 9 heteroatoms. The van der Waals surface area contributed by atoms with Gasteiger partial charge in [-0.25, -0.2) is 8.42 Å². The summed E-state index contributed by atoms with van der Waals surface area (Å²) in [5, 5.41) is 2.78. The van der Waals surface area contributed by atoms with Crippen molar-refractivity contribution in [2.24, 2.45) is 0 Å². The lowest BCUT2D eigenvalue weighted by atomic mass is 10.2. The molecule has 1 aliphatic heterocycles. The third kappa shape index (κ3) is 5.30. The molecule has 8 nitrogen and oxygen atoms in total. The van der Waals surface area contributed by atoms with Crippen LogP contribution in [0.5, 0.6) is 0 Å². The van der Waals surface area contributed by atoms with Gasteiger partial charge in [-0.05, 0) is 26.2 Å². The molecule has 1 aliphatic rings. The highest BCUT2D eigenvalue weighted by molar-refractivity contribution is 7.89. The molecule has 0 aliphatic carbocycles. The molecule has 1 N–H and O–H groups in total. The van der Waals surface area contributed by atoms with Crippen molar-refractivity contribution < 1.29 is 22.4 Å². The Morgan fingerprint density at radius 3 is 2.67 bits per heavy atom. The Morgan fingerprint density at radius 2 is 2.08 bits per heavy atom. The lowest BCUT2D eigenvalue weighted by Crippen LogP contribution is -2.42. The number of rotatable bonds is 8. The van der Waals surface area contributed by atoms with Crippen LogP contribution in [0.1, 0.15) is 18.2 Å². The number of carbonyl (C=O) groups excluding carboxylic acids is 1. The van der Waals surface area contributed by atoms with E-state index in [2.05, 4.69) is 5.32 Å². The Balaban J connectivity index is 1.80. The van der Waals surface area contributed by atoms with Gasteiger partial charge in [0.2, 0.25) is 15.9 Å². The fourth-order valence-corrected chi connectivity index (χ4v) is 3.90. The van der Waals surface area contributed by atoms with Crippen LogP contribution in [0.15, 0.2) is 22.8 Å². The average molecular weight is 359 g/mol. The quantitative estimate of drug-likeness (QED) is 0.705. The van der Waals surface area contributed by atoms with Gasteiger partial charge in [-0.15, -0.1) is 0 Å². The largest absolute Gasteiger partial charge is 0.468 e. The summed E-state index contributed by atoms with van der Waals surface area (Å²) in [5.74, 6) is 0.276. The standard InChI is InChI=1S/C15H25N3O5S/c1-17(2)13(14-4-3-8-23-14)12-16-15(19)5-11-24(20,21)18-6-9-22-10-7-18/h3-4,8,13H,5-7,9-12H2,1-2H3,(H,16,19). The van der Waals surface area contributed by atoms with Crippen LogP contribution in [0.2, 0.25) is 0 Å². The van der Waals surface area contributed by atoms with Gasteiger partial charge in [0.15, 0.2) is 0 Å². The van der Waals surface area contributed by atoms with Gasteiger partial charge in [-0.3, -0.25) is 9.69 Å². The Labute approximate surface area is 142 Å². The number of likely N-dealkylation sites (N-methyl/N-ethyl adjacent to an activating group) is 1. The number of hydrogen-bond donors (Lipinski definition) is 1. The predicted octanol–water partition coefficient (Wildman–Crippen LogP) is 0.0506. The second kappa shape index (κ2) is 8.61. The van der Waals surface area contributed by atoms with Crippen LogP contribution in [0.4, 0.5) is 0 Å². The maximum absolute atomic E-state index is 12.2. The van der Waals surface area contributed by atoms with Gasteiger partial charge in [0.1, 0.15) is 5.76 Å². The fourth-order valence-electron chi connectivity index (χ4n) is 2.49. The Morgan fingerprint density at radius 1 is 1.38 bits per heavy atom. The Bertz CT molecular complexity index is 609. The Kier molecular flexibility index (Phi) is 6.79. The molecule has 136 valence electrons. The number of furan rings is 1. The van der Waals surface area contributed by atoms with E-state index in [1.165, 1.54) is 4.31 Å². The molecule has 0 saturated carbocycles. The lowest BCUT2D eigenvalue weighted by molar-refractivity contribution is -0.120. The number of hydrogen-bond acceptors (Lipinski definition) is 6. The van der Waals surface area contributed by atoms with Crippen LogP contribution >= 0.6 is 0 Å². The van der Waals surface area contributed by atoms with Crippen LogP contribution in [0.3, 0.4) is 0 Å². The minimum atomic E-state index is -3.41. The van der Waals surface area contributed by atoms with Crippen LogP contribution in [0, 0.1) is 0 Å². The van der Waals surface area contributed by atoms with Gasteiger partial charge < -0.3 is 14.5 Å². The first-order valence-electron chi connectivity index (χ1n) is 7.92. The van der Waals surface area contributed by atoms with Gasteiger partial charge >= 0.3 is 0 Å². The smallest absolute Gasteiger partial charge is 0.221 e. The first-order chi connectivity index (χ1) is 11.4. The number of nitrogens with one attached hydrogen (secondary N) is 1. The highest BCUT2D eigenvalue weighted by Gasteiger charge is 2.25. The molecular weight excluding hydrogens is 334 g/mol. The summed E-state index contributed by atoms with van der Waals surface area (Å²) in [6, 6.07) is 3.54. The molecule has 1 amide bonds. The summed E-state index contributed by atoms with van der Waals surface area (Å²) in [4.78, 5) is 13.9. The minimum absolute atomic E-state index is 0.0575. The number of sulfonamides is 1. The number of amides is 1. The Hall–Kier alpha value is -1.42. The van der Waals surface area contributed by atoms with E-state index >= 15 is 0 Å². The third-order valence-electron chi connectivity index (χ3n) is 3.94. The molecule has 1 aromatic rings. The maximum atomic E-state index is 12.2. The molecular formula is C15H25N3O5S. The zero-order chi connectivity index (χ0) is 17.6. The number of carbonyl (C=O) groups is 1. The van der Waals surface area contributed by atoms with Gasteiger partial charge in [0, 0.05) is 26.1 Å². The van der Waals surface area contributed by atoms with Gasteiger partial charge in [0.25, 0.3) is 0 Å². The summed E-state index contributed by atoms with van der Waals surface area (Å²) in [6.45, 7) is 1.87. The van der Waals surface area contributed by atoms with Crippen molar-refractivity contribution in [2.75, 3.05) is 52.7 Å². The van der Waals surface area contributed by atoms with E-state index in [0.29, 0.717) is 32.8 Å². The number of ether oxygens (including phenoxy) is 1. The zero-order valence-corrected chi connectivity index (χ0v) is 14.9. The molecule has 24 heavy (non-hydrogen) atoms. The minimum Gasteiger partial charge on any atom is -0.468 e. The van der Waals surface area contributed by atoms with Crippen LogP contribution < -0.4 is 5.32 Å². The second-order valence-corrected chi connectivity index (χ2v) is 7.96. The summed E-state index contributed by atoms with van der Waals surface area (Å²) in [5.41, 5.74) is 0. The van der Waals surface area contributed by atoms with E-state index in [-0.39, 0.29) is 24.1 Å². The highest BCUT2D eigenvalue weighted by Crippen LogP contribution is 2.17. The third-order valence-corrected chi connectivity index (χ3v) is 5.81. The van der Waals surface area contributed by atoms with Crippen molar-refractivity contribution in [1.82, 2.24) is 14.5 Å². The number of nitrogens with zero attached hydrogens (tertiary/aromatic N) is 2. The zero-order valence-electron chi connectivity index (χ0n) is 14.1. The van der Waals surface area contributed by atoms with E-state index in [1.54, 1.807) is 12.3 Å². The summed E-state index contributed by atoms with van der Waals surface area (Å²) >= 11 is 0. The van der Waals surface area contributed by atoms with Crippen LogP contribution in [0.25, 0.3) is 0 Å².